The number of halogens is 1. The number of nitrogens with zero attached hydrogens (tertiary/aromatic N) is 1. The summed E-state index contributed by atoms with van der Waals surface area (Å²) in [5.74, 6) is -0.0329. The van der Waals surface area contributed by atoms with Crippen LogP contribution >= 0.6 is 0 Å². The van der Waals surface area contributed by atoms with Crippen LogP contribution in [0.3, 0.4) is 0 Å². The van der Waals surface area contributed by atoms with Gasteiger partial charge in [-0.15, -0.1) is 0 Å². The van der Waals surface area contributed by atoms with Crippen LogP contribution in [0.5, 0.6) is 0 Å². The summed E-state index contributed by atoms with van der Waals surface area (Å²) in [6.45, 7) is 0.232. The van der Waals surface area contributed by atoms with Crippen LogP contribution in [-0.4, -0.2) is 15.8 Å². The monoisotopic (exact) mass is 335 g/mol. The van der Waals surface area contributed by atoms with Gasteiger partial charge < -0.3 is 15.0 Å². The van der Waals surface area contributed by atoms with E-state index < -0.39 is 0 Å². The Morgan fingerprint density at radius 3 is 3.00 bits per heavy atom. The number of hydrogen-bond donors (Lipinski definition) is 2. The van der Waals surface area contributed by atoms with E-state index in [1.54, 1.807) is 36.7 Å². The Hall–Kier alpha value is -3.41. The van der Waals surface area contributed by atoms with Crippen molar-refractivity contribution >= 4 is 22.9 Å². The Balaban J connectivity index is 1.49. The van der Waals surface area contributed by atoms with Gasteiger partial charge in [0.05, 0.1) is 0 Å². The Kier molecular flexibility index (Phi) is 3.78. The summed E-state index contributed by atoms with van der Waals surface area (Å²) in [7, 11) is 0. The minimum Gasteiger partial charge on any atom is -0.437 e. The lowest BCUT2D eigenvalue weighted by Crippen LogP contribution is -2.13. The Morgan fingerprint density at radius 2 is 2.12 bits per heavy atom. The molecule has 2 aromatic heterocycles. The summed E-state index contributed by atoms with van der Waals surface area (Å²) in [5, 5.41) is 3.83. The number of ether oxygens (including phenoxy) is 1. The van der Waals surface area contributed by atoms with Gasteiger partial charge in [-0.25, -0.2) is 9.37 Å². The van der Waals surface area contributed by atoms with E-state index in [2.05, 4.69) is 15.3 Å². The normalized spacial score (nSPS) is 15.5. The highest BCUT2D eigenvalue weighted by molar-refractivity contribution is 6.08. The van der Waals surface area contributed by atoms with Gasteiger partial charge in [-0.05, 0) is 24.3 Å². The Labute approximate surface area is 142 Å². The molecule has 0 unspecified atom stereocenters. The molecule has 0 saturated heterocycles. The highest BCUT2D eigenvalue weighted by Gasteiger charge is 2.21. The summed E-state index contributed by atoms with van der Waals surface area (Å²) in [6.07, 6.45) is 6.49. The van der Waals surface area contributed by atoms with Crippen LogP contribution < -0.4 is 5.32 Å². The van der Waals surface area contributed by atoms with Crippen molar-refractivity contribution in [1.29, 1.82) is 0 Å². The maximum absolute atomic E-state index is 13.6. The fourth-order valence-corrected chi connectivity index (χ4v) is 2.64. The number of nitrogens with one attached hydrogen (secondary N) is 2. The van der Waals surface area contributed by atoms with Crippen LogP contribution in [0.25, 0.3) is 17.1 Å². The number of H-pyrrole nitrogens is 1. The molecule has 4 rings (SSSR count). The third-order valence-corrected chi connectivity index (χ3v) is 3.91. The number of fused-ring (bicyclic) bond motifs is 1. The minimum atomic E-state index is -0.304. The molecule has 0 spiro atoms. The zero-order chi connectivity index (χ0) is 17.2. The predicted molar refractivity (Wildman–Crippen MR) is 91.5 cm³/mol. The Bertz CT molecular complexity index is 1020. The SMILES string of the molecule is O=C1C=C(NCc2ccccc2F)O/C1=C/c1c[nH]c2ncccc12. The van der Waals surface area contributed by atoms with Gasteiger partial charge in [0.2, 0.25) is 5.78 Å². The van der Waals surface area contributed by atoms with Crippen LogP contribution in [-0.2, 0) is 16.1 Å². The second-order valence-corrected chi connectivity index (χ2v) is 5.57. The van der Waals surface area contributed by atoms with E-state index in [-0.39, 0.29) is 23.9 Å². The molecule has 3 aromatic rings. The van der Waals surface area contributed by atoms with Gasteiger partial charge in [0.25, 0.3) is 0 Å². The highest BCUT2D eigenvalue weighted by atomic mass is 19.1. The zero-order valence-electron chi connectivity index (χ0n) is 13.1. The lowest BCUT2D eigenvalue weighted by molar-refractivity contribution is -0.112. The van der Waals surface area contributed by atoms with Crippen molar-refractivity contribution in [2.24, 2.45) is 0 Å². The molecule has 6 heteroatoms. The molecule has 0 bridgehead atoms. The number of aromatic nitrogens is 2. The molecular weight excluding hydrogens is 321 g/mol. The standard InChI is InChI=1S/C19H14FN3O2/c20-15-6-2-1-4-12(15)10-22-18-9-16(24)17(25-18)8-13-11-23-19-14(13)5-3-7-21-19/h1-9,11,22H,10H2,(H,21,23)/b17-8+. The van der Waals surface area contributed by atoms with Crippen LogP contribution in [0.4, 0.5) is 4.39 Å². The maximum atomic E-state index is 13.6. The average molecular weight is 335 g/mol. The van der Waals surface area contributed by atoms with Crippen molar-refractivity contribution in [2.45, 2.75) is 6.54 Å². The maximum Gasteiger partial charge on any atom is 0.226 e. The third-order valence-electron chi connectivity index (χ3n) is 3.91. The van der Waals surface area contributed by atoms with E-state index >= 15 is 0 Å². The molecule has 3 heterocycles. The molecule has 0 amide bonds. The first-order chi connectivity index (χ1) is 12.2. The fourth-order valence-electron chi connectivity index (χ4n) is 2.64. The number of pyridine rings is 1. The number of aromatic amines is 1. The number of carbonyl (C=O) groups is 1. The van der Waals surface area contributed by atoms with E-state index in [4.69, 9.17) is 4.74 Å². The van der Waals surface area contributed by atoms with Crippen molar-refractivity contribution in [1.82, 2.24) is 15.3 Å². The predicted octanol–water partition coefficient (Wildman–Crippen LogP) is 3.27. The van der Waals surface area contributed by atoms with Gasteiger partial charge in [-0.3, -0.25) is 4.79 Å². The summed E-state index contributed by atoms with van der Waals surface area (Å²) in [4.78, 5) is 19.4. The molecule has 1 aliphatic heterocycles. The number of allylic oxidation sites excluding steroid dienone is 1. The smallest absolute Gasteiger partial charge is 0.226 e. The van der Waals surface area contributed by atoms with Crippen molar-refractivity contribution in [3.63, 3.8) is 0 Å². The van der Waals surface area contributed by atoms with Crippen LogP contribution in [0, 0.1) is 5.82 Å². The third kappa shape index (κ3) is 3.01. The number of benzene rings is 1. The molecule has 0 atom stereocenters. The molecule has 124 valence electrons. The van der Waals surface area contributed by atoms with E-state index in [1.807, 2.05) is 12.1 Å². The summed E-state index contributed by atoms with van der Waals surface area (Å²) < 4.78 is 19.2. The molecule has 2 N–H and O–H groups in total. The first-order valence-electron chi connectivity index (χ1n) is 7.76. The second kappa shape index (κ2) is 6.24. The molecule has 0 saturated carbocycles. The van der Waals surface area contributed by atoms with E-state index in [9.17, 15) is 9.18 Å². The highest BCUT2D eigenvalue weighted by Crippen LogP contribution is 2.23. The molecule has 1 aromatic carbocycles. The number of rotatable bonds is 4. The molecule has 0 aliphatic carbocycles. The molecular formula is C19H14FN3O2. The molecule has 25 heavy (non-hydrogen) atoms. The van der Waals surface area contributed by atoms with Crippen molar-refractivity contribution in [2.75, 3.05) is 0 Å². The van der Waals surface area contributed by atoms with Crippen LogP contribution in [0.2, 0.25) is 0 Å². The fraction of sp³-hybridized carbons (Fsp3) is 0.0526. The largest absolute Gasteiger partial charge is 0.437 e. The Morgan fingerprint density at radius 1 is 1.24 bits per heavy atom. The van der Waals surface area contributed by atoms with Gasteiger partial charge in [-0.2, -0.15) is 0 Å². The first-order valence-corrected chi connectivity index (χ1v) is 7.76. The summed E-state index contributed by atoms with van der Waals surface area (Å²) in [6, 6.07) is 10.2. The lowest BCUT2D eigenvalue weighted by atomic mass is 10.2. The first kappa shape index (κ1) is 15.1. The quantitative estimate of drug-likeness (QED) is 0.718. The number of hydrogen-bond acceptors (Lipinski definition) is 4. The van der Waals surface area contributed by atoms with Gasteiger partial charge >= 0.3 is 0 Å². The van der Waals surface area contributed by atoms with Gasteiger partial charge in [-0.1, -0.05) is 18.2 Å². The van der Waals surface area contributed by atoms with Gasteiger partial charge in [0.15, 0.2) is 11.6 Å². The summed E-state index contributed by atoms with van der Waals surface area (Å²) in [5.41, 5.74) is 2.06. The molecule has 0 fully saturated rings. The van der Waals surface area contributed by atoms with Gasteiger partial charge in [0, 0.05) is 41.5 Å². The van der Waals surface area contributed by atoms with Crippen LogP contribution in [0.15, 0.2) is 66.5 Å². The molecule has 1 aliphatic rings. The van der Waals surface area contributed by atoms with E-state index in [0.717, 1.165) is 16.6 Å². The van der Waals surface area contributed by atoms with E-state index in [0.29, 0.717) is 11.4 Å². The van der Waals surface area contributed by atoms with Crippen molar-refractivity contribution < 1.29 is 13.9 Å². The molecule has 0 radical (unpaired) electrons. The minimum absolute atomic E-state index is 0.209. The number of ketones is 1. The number of carbonyl (C=O) groups excluding carboxylic acids is 1. The van der Waals surface area contributed by atoms with Crippen LogP contribution in [0.1, 0.15) is 11.1 Å². The van der Waals surface area contributed by atoms with Crippen molar-refractivity contribution in [3.05, 3.63) is 83.5 Å². The average Bonchev–Trinajstić information content (AvgIpc) is 3.19. The zero-order valence-corrected chi connectivity index (χ0v) is 13.1. The summed E-state index contributed by atoms with van der Waals surface area (Å²) >= 11 is 0. The van der Waals surface area contributed by atoms with Gasteiger partial charge in [0.1, 0.15) is 11.5 Å². The topological polar surface area (TPSA) is 67.0 Å². The van der Waals surface area contributed by atoms with E-state index in [1.165, 1.54) is 12.1 Å². The lowest BCUT2D eigenvalue weighted by Gasteiger charge is -2.08. The molecule has 5 nitrogen and oxygen atoms in total. The van der Waals surface area contributed by atoms with Crippen molar-refractivity contribution in [3.8, 4) is 0 Å². The second-order valence-electron chi connectivity index (χ2n) is 5.57.